The average molecular weight is 521 g/mol. The van der Waals surface area contributed by atoms with Crippen molar-refractivity contribution in [3.63, 3.8) is 0 Å². The number of nitrogens with zero attached hydrogens (tertiary/aromatic N) is 5. The fourth-order valence-corrected chi connectivity index (χ4v) is 4.42. The molecule has 0 unspecified atom stereocenters. The molecule has 2 N–H and O–H groups in total. The van der Waals surface area contributed by atoms with E-state index in [1.54, 1.807) is 29.7 Å². The van der Waals surface area contributed by atoms with Gasteiger partial charge < -0.3 is 20.4 Å². The Morgan fingerprint density at radius 3 is 2.56 bits per heavy atom. The van der Waals surface area contributed by atoms with Gasteiger partial charge in [0, 0.05) is 58.0 Å². The number of halogens is 1. The van der Waals surface area contributed by atoms with Crippen LogP contribution in [0.3, 0.4) is 0 Å². The van der Waals surface area contributed by atoms with Crippen LogP contribution in [0.1, 0.15) is 24.2 Å². The highest BCUT2D eigenvalue weighted by molar-refractivity contribution is 14.0. The van der Waals surface area contributed by atoms with Crippen molar-refractivity contribution in [1.82, 2.24) is 20.6 Å². The second-order valence-corrected chi connectivity index (χ2v) is 8.11. The fraction of sp³-hybridized carbons (Fsp3) is 0.588. The van der Waals surface area contributed by atoms with Crippen LogP contribution < -0.4 is 20.4 Å². The summed E-state index contributed by atoms with van der Waals surface area (Å²) in [7, 11) is 5.80. The summed E-state index contributed by atoms with van der Waals surface area (Å²) in [4.78, 5) is 18.0. The normalized spacial score (nSPS) is 14.2. The Hall–Kier alpha value is -1.14. The largest absolute Gasteiger partial charge is 0.356 e. The molecule has 3 heterocycles. The van der Waals surface area contributed by atoms with Crippen molar-refractivity contribution in [2.75, 3.05) is 50.6 Å². The molecule has 0 bridgehead atoms. The minimum atomic E-state index is 0. The third-order valence-corrected chi connectivity index (χ3v) is 6.18. The van der Waals surface area contributed by atoms with Crippen LogP contribution in [0.5, 0.6) is 0 Å². The second-order valence-electron chi connectivity index (χ2n) is 6.43. The van der Waals surface area contributed by atoms with Gasteiger partial charge in [-0.05, 0) is 12.8 Å². The number of hydrogen-bond acceptors (Lipinski definition) is 7. The molecule has 0 saturated carbocycles. The molecule has 0 atom stereocenters. The van der Waals surface area contributed by atoms with E-state index >= 15 is 0 Å². The van der Waals surface area contributed by atoms with Gasteiger partial charge >= 0.3 is 0 Å². The number of aromatic nitrogens is 2. The summed E-state index contributed by atoms with van der Waals surface area (Å²) >= 11 is 3.40. The molecule has 0 radical (unpaired) electrons. The zero-order valence-corrected chi connectivity index (χ0v) is 20.0. The highest BCUT2D eigenvalue weighted by Crippen LogP contribution is 2.24. The number of aliphatic imine (C=N–C) groups is 1. The lowest BCUT2D eigenvalue weighted by molar-refractivity contribution is 0.778. The van der Waals surface area contributed by atoms with Gasteiger partial charge in [-0.15, -0.1) is 46.7 Å². The van der Waals surface area contributed by atoms with Gasteiger partial charge in [0.15, 0.2) is 16.2 Å². The summed E-state index contributed by atoms with van der Waals surface area (Å²) in [5, 5.41) is 13.1. The van der Waals surface area contributed by atoms with Crippen LogP contribution in [0.4, 0.5) is 10.3 Å². The Labute approximate surface area is 186 Å². The number of rotatable bonds is 7. The van der Waals surface area contributed by atoms with E-state index < -0.39 is 0 Å². The van der Waals surface area contributed by atoms with Crippen molar-refractivity contribution >= 4 is 62.9 Å². The Bertz CT molecular complexity index is 722. The molecular formula is C17H28IN7S2. The summed E-state index contributed by atoms with van der Waals surface area (Å²) in [5.74, 6) is 0.791. The average Bonchev–Trinajstić information content (AvgIpc) is 3.39. The molecule has 2 aromatic heterocycles. The summed E-state index contributed by atoms with van der Waals surface area (Å²) in [6.07, 6.45) is 3.47. The van der Waals surface area contributed by atoms with E-state index in [0.29, 0.717) is 6.54 Å². The molecule has 1 saturated heterocycles. The van der Waals surface area contributed by atoms with Gasteiger partial charge in [-0.1, -0.05) is 0 Å². The van der Waals surface area contributed by atoms with Crippen LogP contribution in [0.15, 0.2) is 15.8 Å². The summed E-state index contributed by atoms with van der Waals surface area (Å²) in [6, 6.07) is 0. The van der Waals surface area contributed by atoms with Gasteiger partial charge in [-0.2, -0.15) is 0 Å². The molecule has 10 heteroatoms. The van der Waals surface area contributed by atoms with Gasteiger partial charge in [0.25, 0.3) is 0 Å². The standard InChI is InChI=1S/C17H27N7S2.HI/c1-18-15(20-10-14-12-25-16(22-14)23(2)3)19-7-6-13-11-26-17(21-13)24-8-4-5-9-24;/h11-12H,4-10H2,1-3H3,(H2,18,19,20);1H. The first-order valence-electron chi connectivity index (χ1n) is 8.91. The lowest BCUT2D eigenvalue weighted by atomic mass is 10.3. The first-order chi connectivity index (χ1) is 12.7. The lowest BCUT2D eigenvalue weighted by Gasteiger charge is -2.12. The minimum absolute atomic E-state index is 0. The number of anilines is 2. The number of guanidine groups is 1. The van der Waals surface area contributed by atoms with Gasteiger partial charge in [-0.3, -0.25) is 4.99 Å². The zero-order valence-electron chi connectivity index (χ0n) is 16.1. The fourth-order valence-electron chi connectivity index (χ4n) is 2.75. The van der Waals surface area contributed by atoms with Gasteiger partial charge in [0.05, 0.1) is 17.9 Å². The van der Waals surface area contributed by atoms with Gasteiger partial charge in [-0.25, -0.2) is 9.97 Å². The molecular weight excluding hydrogens is 493 g/mol. The van der Waals surface area contributed by atoms with E-state index in [4.69, 9.17) is 4.98 Å². The van der Waals surface area contributed by atoms with Crippen molar-refractivity contribution in [3.8, 4) is 0 Å². The van der Waals surface area contributed by atoms with E-state index in [1.165, 1.54) is 18.0 Å². The van der Waals surface area contributed by atoms with E-state index in [-0.39, 0.29) is 24.0 Å². The van der Waals surface area contributed by atoms with Gasteiger partial charge in [0.1, 0.15) is 0 Å². The quantitative estimate of drug-likeness (QED) is 0.332. The molecule has 0 spiro atoms. The lowest BCUT2D eigenvalue weighted by Crippen LogP contribution is -2.38. The van der Waals surface area contributed by atoms with E-state index in [2.05, 4.69) is 36.3 Å². The number of thiazole rings is 2. The predicted molar refractivity (Wildman–Crippen MR) is 127 cm³/mol. The molecule has 2 aromatic rings. The number of hydrogen-bond donors (Lipinski definition) is 2. The smallest absolute Gasteiger partial charge is 0.191 e. The minimum Gasteiger partial charge on any atom is -0.356 e. The molecule has 1 aliphatic rings. The third-order valence-electron chi connectivity index (χ3n) is 4.17. The highest BCUT2D eigenvalue weighted by Gasteiger charge is 2.15. The van der Waals surface area contributed by atoms with Crippen LogP contribution >= 0.6 is 46.7 Å². The second kappa shape index (κ2) is 11.0. The molecule has 27 heavy (non-hydrogen) atoms. The maximum atomic E-state index is 4.76. The van der Waals surface area contributed by atoms with Crippen molar-refractivity contribution in [3.05, 3.63) is 22.1 Å². The third kappa shape index (κ3) is 6.46. The Balaban J connectivity index is 0.00000261. The molecule has 0 aromatic carbocycles. The van der Waals surface area contributed by atoms with Crippen LogP contribution in [0.2, 0.25) is 0 Å². The monoisotopic (exact) mass is 521 g/mol. The van der Waals surface area contributed by atoms with Crippen molar-refractivity contribution in [2.24, 2.45) is 4.99 Å². The Morgan fingerprint density at radius 1 is 1.15 bits per heavy atom. The van der Waals surface area contributed by atoms with Crippen LogP contribution in [0.25, 0.3) is 0 Å². The van der Waals surface area contributed by atoms with Crippen molar-refractivity contribution in [1.29, 1.82) is 0 Å². The highest BCUT2D eigenvalue weighted by atomic mass is 127. The topological polar surface area (TPSA) is 68.7 Å². The SMILES string of the molecule is CN=C(NCCc1csc(N2CCCC2)n1)NCc1csc(N(C)C)n1.I. The Kier molecular flexibility index (Phi) is 9.03. The molecule has 3 rings (SSSR count). The van der Waals surface area contributed by atoms with Crippen LogP contribution in [-0.2, 0) is 13.0 Å². The van der Waals surface area contributed by atoms with Crippen LogP contribution in [-0.4, -0.2) is 56.7 Å². The molecule has 1 fully saturated rings. The van der Waals surface area contributed by atoms with Gasteiger partial charge in [0.2, 0.25) is 0 Å². The molecule has 0 aliphatic carbocycles. The summed E-state index contributed by atoms with van der Waals surface area (Å²) in [6.45, 7) is 3.77. The van der Waals surface area contributed by atoms with Crippen molar-refractivity contribution in [2.45, 2.75) is 25.8 Å². The van der Waals surface area contributed by atoms with E-state index in [1.807, 2.05) is 19.0 Å². The predicted octanol–water partition coefficient (Wildman–Crippen LogP) is 2.79. The first kappa shape index (κ1) is 22.2. The molecule has 7 nitrogen and oxygen atoms in total. The van der Waals surface area contributed by atoms with E-state index in [9.17, 15) is 0 Å². The molecule has 1 aliphatic heterocycles. The molecule has 0 amide bonds. The van der Waals surface area contributed by atoms with Crippen molar-refractivity contribution < 1.29 is 0 Å². The van der Waals surface area contributed by atoms with E-state index in [0.717, 1.165) is 48.5 Å². The maximum Gasteiger partial charge on any atom is 0.191 e. The number of nitrogens with one attached hydrogen (secondary N) is 2. The Morgan fingerprint density at radius 2 is 1.89 bits per heavy atom. The summed E-state index contributed by atoms with van der Waals surface area (Å²) < 4.78 is 0. The maximum absolute atomic E-state index is 4.76. The zero-order chi connectivity index (χ0) is 18.4. The summed E-state index contributed by atoms with van der Waals surface area (Å²) in [5.41, 5.74) is 2.17. The first-order valence-corrected chi connectivity index (χ1v) is 10.7. The molecule has 150 valence electrons. The van der Waals surface area contributed by atoms with Crippen LogP contribution in [0, 0.1) is 0 Å².